The van der Waals surface area contributed by atoms with Gasteiger partial charge in [0, 0.05) is 5.56 Å². The Balaban J connectivity index is 3.76. The van der Waals surface area contributed by atoms with Gasteiger partial charge in [0.2, 0.25) is 0 Å². The first kappa shape index (κ1) is 18.9. The molecule has 0 bridgehead atoms. The summed E-state index contributed by atoms with van der Waals surface area (Å²) in [6.07, 6.45) is 1.11. The van der Waals surface area contributed by atoms with Gasteiger partial charge in [0.25, 0.3) is 0 Å². The molecule has 0 atom stereocenters. The van der Waals surface area contributed by atoms with Crippen LogP contribution in [0.1, 0.15) is 76.8 Å². The normalized spacial score (nSPS) is 10.3. The van der Waals surface area contributed by atoms with Crippen LogP contribution in [0.15, 0.2) is 6.07 Å². The molecule has 0 aromatic heterocycles. The minimum absolute atomic E-state index is 0.101. The fourth-order valence-corrected chi connectivity index (χ4v) is 2.69. The third-order valence-electron chi connectivity index (χ3n) is 3.61. The second-order valence-electron chi connectivity index (χ2n) is 5.01. The summed E-state index contributed by atoms with van der Waals surface area (Å²) in [5, 5.41) is 0. The molecule has 0 N–H and O–H groups in total. The van der Waals surface area contributed by atoms with Crippen LogP contribution in [0.4, 0.5) is 0 Å². The summed E-state index contributed by atoms with van der Waals surface area (Å²) in [5.74, 6) is -1.31. The molecular formula is C18H24O5. The van der Waals surface area contributed by atoms with Crippen molar-refractivity contribution in [1.29, 1.82) is 0 Å². The van der Waals surface area contributed by atoms with Crippen molar-refractivity contribution in [3.05, 3.63) is 33.9 Å². The molecule has 0 aliphatic heterocycles. The van der Waals surface area contributed by atoms with Crippen LogP contribution in [0.2, 0.25) is 0 Å². The number of Topliss-reactive ketones (excluding diaryl/α,β-unsaturated/α-hetero) is 1. The molecule has 0 saturated carbocycles. The van der Waals surface area contributed by atoms with Crippen molar-refractivity contribution in [1.82, 2.24) is 0 Å². The van der Waals surface area contributed by atoms with Gasteiger partial charge >= 0.3 is 11.9 Å². The van der Waals surface area contributed by atoms with E-state index in [9.17, 15) is 14.4 Å². The van der Waals surface area contributed by atoms with Gasteiger partial charge in [-0.05, 0) is 50.8 Å². The fourth-order valence-electron chi connectivity index (χ4n) is 2.69. The molecule has 0 heterocycles. The van der Waals surface area contributed by atoms with Gasteiger partial charge in [0.15, 0.2) is 5.78 Å². The van der Waals surface area contributed by atoms with Gasteiger partial charge in [-0.3, -0.25) is 4.79 Å². The van der Waals surface area contributed by atoms with E-state index >= 15 is 0 Å². The maximum absolute atomic E-state index is 12.4. The number of carbonyl (C=O) groups is 3. The Morgan fingerprint density at radius 3 is 1.78 bits per heavy atom. The standard InChI is InChI=1S/C18H24O5/c1-6-12-13(7-2)16(18(21)23-9-4)15(17(20)22-8-3)10-14(12)11(5)19/h10H,6-9H2,1-5H3. The first-order valence-electron chi connectivity index (χ1n) is 7.96. The highest BCUT2D eigenvalue weighted by molar-refractivity contribution is 6.07. The van der Waals surface area contributed by atoms with Gasteiger partial charge in [-0.1, -0.05) is 13.8 Å². The molecule has 1 aromatic rings. The van der Waals surface area contributed by atoms with Gasteiger partial charge in [-0.2, -0.15) is 0 Å². The molecule has 126 valence electrons. The highest BCUT2D eigenvalue weighted by Crippen LogP contribution is 2.27. The lowest BCUT2D eigenvalue weighted by Gasteiger charge is -2.18. The molecule has 0 radical (unpaired) electrons. The first-order valence-corrected chi connectivity index (χ1v) is 7.96. The van der Waals surface area contributed by atoms with E-state index in [1.54, 1.807) is 13.8 Å². The Bertz CT molecular complexity index is 616. The van der Waals surface area contributed by atoms with Gasteiger partial charge < -0.3 is 9.47 Å². The van der Waals surface area contributed by atoms with E-state index in [4.69, 9.17) is 9.47 Å². The van der Waals surface area contributed by atoms with Crippen LogP contribution in [0.3, 0.4) is 0 Å². The Labute approximate surface area is 137 Å². The maximum atomic E-state index is 12.4. The Hall–Kier alpha value is -2.17. The van der Waals surface area contributed by atoms with Crippen LogP contribution in [-0.2, 0) is 22.3 Å². The number of rotatable bonds is 7. The van der Waals surface area contributed by atoms with Crippen LogP contribution in [0.5, 0.6) is 0 Å². The second kappa shape index (κ2) is 8.46. The molecule has 1 aromatic carbocycles. The van der Waals surface area contributed by atoms with E-state index in [0.717, 1.165) is 5.56 Å². The fraction of sp³-hybridized carbons (Fsp3) is 0.500. The third-order valence-corrected chi connectivity index (χ3v) is 3.61. The summed E-state index contributed by atoms with van der Waals surface area (Å²) >= 11 is 0. The lowest BCUT2D eigenvalue weighted by molar-refractivity contribution is 0.0477. The molecule has 5 heteroatoms. The van der Waals surface area contributed by atoms with E-state index in [2.05, 4.69) is 0 Å². The summed E-state index contributed by atoms with van der Waals surface area (Å²) in [7, 11) is 0. The number of hydrogen-bond donors (Lipinski definition) is 0. The molecule has 0 aliphatic carbocycles. The van der Waals surface area contributed by atoms with Gasteiger partial charge in [0.1, 0.15) is 0 Å². The van der Waals surface area contributed by atoms with Crippen molar-refractivity contribution in [3.8, 4) is 0 Å². The monoisotopic (exact) mass is 320 g/mol. The quantitative estimate of drug-likeness (QED) is 0.569. The zero-order valence-corrected chi connectivity index (χ0v) is 14.4. The summed E-state index contributed by atoms with van der Waals surface area (Å²) in [6, 6.07) is 1.46. The topological polar surface area (TPSA) is 69.7 Å². The first-order chi connectivity index (χ1) is 10.9. The summed E-state index contributed by atoms with van der Waals surface area (Å²) in [6.45, 7) is 9.05. The SMILES string of the molecule is CCOC(=O)c1cc(C(C)=O)c(CC)c(CC)c1C(=O)OCC. The number of ketones is 1. The molecule has 5 nitrogen and oxygen atoms in total. The van der Waals surface area contributed by atoms with Gasteiger partial charge in [-0.15, -0.1) is 0 Å². The Kier molecular flexibility index (Phi) is 6.94. The predicted molar refractivity (Wildman–Crippen MR) is 87.1 cm³/mol. The molecule has 0 aliphatic rings. The van der Waals surface area contributed by atoms with Crippen molar-refractivity contribution in [2.45, 2.75) is 47.5 Å². The molecule has 0 fully saturated rings. The number of ether oxygens (including phenoxy) is 2. The molecule has 0 unspecified atom stereocenters. The number of carbonyl (C=O) groups excluding carboxylic acids is 3. The van der Waals surface area contributed by atoms with Crippen molar-refractivity contribution >= 4 is 17.7 Å². The lowest BCUT2D eigenvalue weighted by atomic mass is 9.87. The van der Waals surface area contributed by atoms with Gasteiger partial charge in [-0.25, -0.2) is 9.59 Å². The molecule has 1 rings (SSSR count). The predicted octanol–water partition coefficient (Wildman–Crippen LogP) is 3.37. The largest absolute Gasteiger partial charge is 0.462 e. The zero-order chi connectivity index (χ0) is 17.6. The number of benzene rings is 1. The number of esters is 2. The average Bonchev–Trinajstić information content (AvgIpc) is 2.52. The van der Waals surface area contributed by atoms with E-state index < -0.39 is 11.9 Å². The van der Waals surface area contributed by atoms with E-state index in [1.807, 2.05) is 13.8 Å². The third kappa shape index (κ3) is 3.97. The van der Waals surface area contributed by atoms with Crippen LogP contribution in [-0.4, -0.2) is 30.9 Å². The molecule has 0 amide bonds. The van der Waals surface area contributed by atoms with E-state index in [-0.39, 0.29) is 30.1 Å². The zero-order valence-electron chi connectivity index (χ0n) is 14.4. The van der Waals surface area contributed by atoms with Crippen molar-refractivity contribution in [3.63, 3.8) is 0 Å². The smallest absolute Gasteiger partial charge is 0.339 e. The minimum atomic E-state index is -0.615. The van der Waals surface area contributed by atoms with Crippen molar-refractivity contribution < 1.29 is 23.9 Å². The highest BCUT2D eigenvalue weighted by atomic mass is 16.5. The molecule has 23 heavy (non-hydrogen) atoms. The second-order valence-corrected chi connectivity index (χ2v) is 5.01. The van der Waals surface area contributed by atoms with Crippen LogP contribution in [0, 0.1) is 0 Å². The van der Waals surface area contributed by atoms with Crippen LogP contribution >= 0.6 is 0 Å². The van der Waals surface area contributed by atoms with Crippen LogP contribution < -0.4 is 0 Å². The highest BCUT2D eigenvalue weighted by Gasteiger charge is 2.27. The van der Waals surface area contributed by atoms with Crippen molar-refractivity contribution in [2.75, 3.05) is 13.2 Å². The van der Waals surface area contributed by atoms with Crippen LogP contribution in [0.25, 0.3) is 0 Å². The van der Waals surface area contributed by atoms with Gasteiger partial charge in [0.05, 0.1) is 24.3 Å². The Morgan fingerprint density at radius 2 is 1.35 bits per heavy atom. The summed E-state index contributed by atoms with van der Waals surface area (Å²) < 4.78 is 10.2. The molecular weight excluding hydrogens is 296 g/mol. The summed E-state index contributed by atoms with van der Waals surface area (Å²) in [5.41, 5.74) is 2.25. The minimum Gasteiger partial charge on any atom is -0.462 e. The van der Waals surface area contributed by atoms with E-state index in [1.165, 1.54) is 13.0 Å². The maximum Gasteiger partial charge on any atom is 0.339 e. The molecule has 0 saturated heterocycles. The Morgan fingerprint density at radius 1 is 0.826 bits per heavy atom. The lowest BCUT2D eigenvalue weighted by Crippen LogP contribution is -2.20. The molecule has 0 spiro atoms. The van der Waals surface area contributed by atoms with Crippen molar-refractivity contribution in [2.24, 2.45) is 0 Å². The van der Waals surface area contributed by atoms with E-state index in [0.29, 0.717) is 24.0 Å². The average molecular weight is 320 g/mol. The summed E-state index contributed by atoms with van der Waals surface area (Å²) in [4.78, 5) is 36.6. The number of hydrogen-bond acceptors (Lipinski definition) is 5.